The maximum Gasteiger partial charge on any atom is 0.290 e. The molecule has 0 bridgehead atoms. The van der Waals surface area contributed by atoms with E-state index in [1.54, 1.807) is 6.07 Å². The van der Waals surface area contributed by atoms with E-state index >= 15 is 0 Å². The summed E-state index contributed by atoms with van der Waals surface area (Å²) in [5.41, 5.74) is 2.46. The van der Waals surface area contributed by atoms with Crippen LogP contribution in [0.3, 0.4) is 0 Å². The normalized spacial score (nSPS) is 11.9. The lowest BCUT2D eigenvalue weighted by atomic mass is 10.0. The molecule has 0 spiro atoms. The van der Waals surface area contributed by atoms with E-state index in [1.807, 2.05) is 42.5 Å². The summed E-state index contributed by atoms with van der Waals surface area (Å²) in [5.74, 6) is 0.640. The van der Waals surface area contributed by atoms with Crippen LogP contribution < -0.4 is 10.1 Å². The highest BCUT2D eigenvalue weighted by molar-refractivity contribution is 5.38. The SMILES string of the molecule is CC(C)(C)NC[C@H](O)c1ccc(OCc2ccccc2)c(CO)c1.O=CO. The predicted molar refractivity (Wildman–Crippen MR) is 105 cm³/mol. The van der Waals surface area contributed by atoms with Crippen molar-refractivity contribution in [2.24, 2.45) is 0 Å². The van der Waals surface area contributed by atoms with E-state index in [0.717, 1.165) is 11.1 Å². The Balaban J connectivity index is 0.00000114. The van der Waals surface area contributed by atoms with E-state index in [2.05, 4.69) is 26.1 Å². The number of carbonyl (C=O) groups is 1. The summed E-state index contributed by atoms with van der Waals surface area (Å²) in [6.45, 7) is 6.69. The summed E-state index contributed by atoms with van der Waals surface area (Å²) < 4.78 is 5.81. The highest BCUT2D eigenvalue weighted by Gasteiger charge is 2.15. The highest BCUT2D eigenvalue weighted by atomic mass is 16.5. The molecule has 2 rings (SSSR count). The zero-order chi connectivity index (χ0) is 20.3. The van der Waals surface area contributed by atoms with Gasteiger partial charge in [0, 0.05) is 17.6 Å². The molecular formula is C21H29NO5. The monoisotopic (exact) mass is 375 g/mol. The van der Waals surface area contributed by atoms with E-state index in [4.69, 9.17) is 14.6 Å². The van der Waals surface area contributed by atoms with Gasteiger partial charge in [0.25, 0.3) is 6.47 Å². The Morgan fingerprint density at radius 3 is 2.33 bits per heavy atom. The van der Waals surface area contributed by atoms with Gasteiger partial charge in [-0.1, -0.05) is 36.4 Å². The summed E-state index contributed by atoms with van der Waals surface area (Å²) in [4.78, 5) is 8.36. The first kappa shape index (κ1) is 22.6. The van der Waals surface area contributed by atoms with E-state index in [1.165, 1.54) is 0 Å². The van der Waals surface area contributed by atoms with E-state index in [0.29, 0.717) is 24.5 Å². The Labute approximate surface area is 160 Å². The van der Waals surface area contributed by atoms with Gasteiger partial charge in [-0.25, -0.2) is 0 Å². The Kier molecular flexibility index (Phi) is 9.50. The number of ether oxygens (including phenoxy) is 1. The van der Waals surface area contributed by atoms with E-state index in [-0.39, 0.29) is 18.6 Å². The van der Waals surface area contributed by atoms with Crippen LogP contribution in [0.25, 0.3) is 0 Å². The van der Waals surface area contributed by atoms with Crippen molar-refractivity contribution in [3.8, 4) is 5.75 Å². The Morgan fingerprint density at radius 2 is 1.78 bits per heavy atom. The van der Waals surface area contributed by atoms with Crippen molar-refractivity contribution >= 4 is 6.47 Å². The third-order valence-corrected chi connectivity index (χ3v) is 3.70. The van der Waals surface area contributed by atoms with Gasteiger partial charge < -0.3 is 25.4 Å². The number of rotatable bonds is 7. The molecule has 0 saturated carbocycles. The van der Waals surface area contributed by atoms with Crippen LogP contribution in [0.5, 0.6) is 5.75 Å². The molecule has 0 fully saturated rings. The lowest BCUT2D eigenvalue weighted by molar-refractivity contribution is -0.122. The van der Waals surface area contributed by atoms with Crippen LogP contribution in [0.4, 0.5) is 0 Å². The minimum atomic E-state index is -0.627. The maximum atomic E-state index is 10.3. The first-order valence-electron chi connectivity index (χ1n) is 8.72. The summed E-state index contributed by atoms with van der Waals surface area (Å²) in [6.07, 6.45) is -0.627. The van der Waals surface area contributed by atoms with Gasteiger partial charge in [-0.3, -0.25) is 4.79 Å². The fourth-order valence-electron chi connectivity index (χ4n) is 2.33. The molecule has 0 aliphatic carbocycles. The van der Waals surface area contributed by atoms with Gasteiger partial charge in [0.15, 0.2) is 0 Å². The molecule has 0 heterocycles. The van der Waals surface area contributed by atoms with Crippen molar-refractivity contribution in [1.82, 2.24) is 5.32 Å². The minimum absolute atomic E-state index is 0.0560. The van der Waals surface area contributed by atoms with Crippen LogP contribution in [0, 0.1) is 0 Å². The van der Waals surface area contributed by atoms with Gasteiger partial charge in [-0.15, -0.1) is 0 Å². The van der Waals surface area contributed by atoms with Crippen LogP contribution in [0.15, 0.2) is 48.5 Å². The third kappa shape index (κ3) is 8.68. The zero-order valence-electron chi connectivity index (χ0n) is 16.1. The lowest BCUT2D eigenvalue weighted by Crippen LogP contribution is -2.38. The van der Waals surface area contributed by atoms with Crippen molar-refractivity contribution in [3.05, 3.63) is 65.2 Å². The van der Waals surface area contributed by atoms with Crippen molar-refractivity contribution < 1.29 is 24.9 Å². The second kappa shape index (κ2) is 11.3. The average Bonchev–Trinajstić information content (AvgIpc) is 2.65. The molecule has 148 valence electrons. The summed E-state index contributed by atoms with van der Waals surface area (Å²) in [7, 11) is 0. The topological polar surface area (TPSA) is 99.0 Å². The third-order valence-electron chi connectivity index (χ3n) is 3.70. The number of hydrogen-bond acceptors (Lipinski definition) is 5. The molecule has 2 aromatic carbocycles. The molecular weight excluding hydrogens is 346 g/mol. The number of aliphatic hydroxyl groups is 2. The zero-order valence-corrected chi connectivity index (χ0v) is 16.1. The number of carboxylic acid groups (broad SMARTS) is 1. The summed E-state index contributed by atoms with van der Waals surface area (Å²) >= 11 is 0. The van der Waals surface area contributed by atoms with Gasteiger partial charge in [-0.2, -0.15) is 0 Å². The maximum absolute atomic E-state index is 10.3. The van der Waals surface area contributed by atoms with Crippen LogP contribution in [-0.2, 0) is 18.0 Å². The van der Waals surface area contributed by atoms with Gasteiger partial charge >= 0.3 is 0 Å². The smallest absolute Gasteiger partial charge is 0.290 e. The number of nitrogens with one attached hydrogen (secondary N) is 1. The number of aliphatic hydroxyl groups excluding tert-OH is 2. The summed E-state index contributed by atoms with van der Waals surface area (Å²) in [5, 5.41) is 30.1. The molecule has 0 amide bonds. The van der Waals surface area contributed by atoms with Crippen LogP contribution >= 0.6 is 0 Å². The van der Waals surface area contributed by atoms with Crippen molar-refractivity contribution in [3.63, 3.8) is 0 Å². The highest BCUT2D eigenvalue weighted by Crippen LogP contribution is 2.25. The molecule has 0 radical (unpaired) electrons. The Morgan fingerprint density at radius 1 is 1.15 bits per heavy atom. The van der Waals surface area contributed by atoms with Crippen LogP contribution in [0.1, 0.15) is 43.6 Å². The molecule has 0 aliphatic heterocycles. The van der Waals surface area contributed by atoms with Crippen molar-refractivity contribution in [2.45, 2.75) is 45.6 Å². The molecule has 0 aliphatic rings. The largest absolute Gasteiger partial charge is 0.489 e. The standard InChI is InChI=1S/C20H27NO3.CH2O2/c1-20(2,3)21-12-18(23)16-9-10-19(17(11-16)13-22)24-14-15-7-5-4-6-8-15;2-1-3/h4-11,18,21-23H,12-14H2,1-3H3;1H,(H,2,3)/t18-;/m0./s1. The Bertz CT molecular complexity index is 683. The molecule has 0 saturated heterocycles. The predicted octanol–water partition coefficient (Wildman–Crippen LogP) is 2.88. The van der Waals surface area contributed by atoms with Gasteiger partial charge in [0.05, 0.1) is 12.7 Å². The first-order valence-corrected chi connectivity index (χ1v) is 8.72. The summed E-state index contributed by atoms with van der Waals surface area (Å²) in [6, 6.07) is 15.3. The Hall–Kier alpha value is -2.41. The van der Waals surface area contributed by atoms with Crippen LogP contribution in [0.2, 0.25) is 0 Å². The molecule has 2 aromatic rings. The number of benzene rings is 2. The lowest BCUT2D eigenvalue weighted by Gasteiger charge is -2.23. The minimum Gasteiger partial charge on any atom is -0.489 e. The van der Waals surface area contributed by atoms with Crippen molar-refractivity contribution in [1.29, 1.82) is 0 Å². The molecule has 4 N–H and O–H groups in total. The van der Waals surface area contributed by atoms with Crippen LogP contribution in [-0.4, -0.2) is 33.9 Å². The molecule has 0 unspecified atom stereocenters. The van der Waals surface area contributed by atoms with E-state index in [9.17, 15) is 10.2 Å². The number of hydrogen-bond donors (Lipinski definition) is 4. The molecule has 0 aromatic heterocycles. The molecule has 6 nitrogen and oxygen atoms in total. The van der Waals surface area contributed by atoms with Gasteiger partial charge in [0.1, 0.15) is 12.4 Å². The molecule has 6 heteroatoms. The van der Waals surface area contributed by atoms with Gasteiger partial charge in [0.2, 0.25) is 0 Å². The fourth-order valence-corrected chi connectivity index (χ4v) is 2.33. The second-order valence-electron chi connectivity index (χ2n) is 7.05. The fraction of sp³-hybridized carbons (Fsp3) is 0.381. The average molecular weight is 375 g/mol. The number of β-amino-alcohol motifs (C(OH)–C–C–N with tert-alkyl or cyclic N) is 1. The van der Waals surface area contributed by atoms with Crippen molar-refractivity contribution in [2.75, 3.05) is 6.54 Å². The quantitative estimate of drug-likeness (QED) is 0.556. The molecule has 1 atom stereocenters. The first-order chi connectivity index (χ1) is 12.8. The van der Waals surface area contributed by atoms with E-state index < -0.39 is 6.10 Å². The molecule has 27 heavy (non-hydrogen) atoms. The van der Waals surface area contributed by atoms with Gasteiger partial charge in [-0.05, 0) is 44.0 Å². The second-order valence-corrected chi connectivity index (χ2v) is 7.05.